The molecule has 0 atom stereocenters. The minimum atomic E-state index is -0.465. The van der Waals surface area contributed by atoms with Crippen molar-refractivity contribution in [2.24, 2.45) is 0 Å². The van der Waals surface area contributed by atoms with Crippen LogP contribution < -0.4 is 0 Å². The van der Waals surface area contributed by atoms with Crippen molar-refractivity contribution >= 4 is 0 Å². The van der Waals surface area contributed by atoms with Gasteiger partial charge in [0.1, 0.15) is 0 Å². The van der Waals surface area contributed by atoms with Crippen molar-refractivity contribution in [2.75, 3.05) is 0 Å². The van der Waals surface area contributed by atoms with Gasteiger partial charge in [-0.2, -0.15) is 0 Å². The fraction of sp³-hybridized carbons (Fsp3) is 0.0800. The summed E-state index contributed by atoms with van der Waals surface area (Å²) in [5.74, 6) is 0.715. The highest BCUT2D eigenvalue weighted by Gasteiger charge is 2.53. The van der Waals surface area contributed by atoms with Gasteiger partial charge in [-0.05, 0) is 67.8 Å². The molecule has 7 aromatic carbocycles. The first-order chi connectivity index (χ1) is 25.5. The fourth-order valence-corrected chi connectivity index (χ4v) is 9.06. The minimum absolute atomic E-state index is 0.145. The van der Waals surface area contributed by atoms with Crippen LogP contribution in [0.4, 0.5) is 0 Å². The standard InChI is InChI=1S/C50H36N2/c1-49(2)40-26-11-13-28-42(40)50(43-29-14-12-27-41(43)49)39-25-10-9-23-37(39)47-38(24-16-30-44(47)50)46-32-45(51-48(52-46)34-19-7-4-8-20-34)36-22-15-21-35(31-36)33-17-5-3-6-18-33/h3-32H,1-2H3. The maximum absolute atomic E-state index is 5.36. The zero-order valence-corrected chi connectivity index (χ0v) is 29.2. The van der Waals surface area contributed by atoms with Gasteiger partial charge in [-0.25, -0.2) is 9.97 Å². The highest BCUT2D eigenvalue weighted by molar-refractivity contribution is 5.96. The predicted octanol–water partition coefficient (Wildman–Crippen LogP) is 12.1. The highest BCUT2D eigenvalue weighted by Crippen LogP contribution is 2.63. The van der Waals surface area contributed by atoms with Crippen LogP contribution >= 0.6 is 0 Å². The van der Waals surface area contributed by atoms with Gasteiger partial charge in [-0.1, -0.05) is 184 Å². The summed E-state index contributed by atoms with van der Waals surface area (Å²) in [4.78, 5) is 10.6. The summed E-state index contributed by atoms with van der Waals surface area (Å²) in [5.41, 5.74) is 17.3. The lowest BCUT2D eigenvalue weighted by Gasteiger charge is -2.46. The van der Waals surface area contributed by atoms with Crippen LogP contribution in [0.5, 0.6) is 0 Å². The van der Waals surface area contributed by atoms with Crippen molar-refractivity contribution in [1.29, 1.82) is 0 Å². The van der Waals surface area contributed by atoms with Gasteiger partial charge in [0, 0.05) is 22.1 Å². The number of fused-ring (bicyclic) bond motifs is 9. The lowest BCUT2D eigenvalue weighted by molar-refractivity contribution is 0.563. The summed E-state index contributed by atoms with van der Waals surface area (Å²) in [6, 6.07) is 65.9. The Morgan fingerprint density at radius 3 is 1.52 bits per heavy atom. The number of hydrogen-bond acceptors (Lipinski definition) is 2. The second kappa shape index (κ2) is 11.6. The van der Waals surface area contributed by atoms with Crippen LogP contribution in [0.2, 0.25) is 0 Å². The maximum atomic E-state index is 5.36. The molecule has 8 aromatic rings. The van der Waals surface area contributed by atoms with E-state index < -0.39 is 5.41 Å². The average molecular weight is 665 g/mol. The lowest BCUT2D eigenvalue weighted by atomic mass is 9.55. The van der Waals surface area contributed by atoms with Gasteiger partial charge in [-0.15, -0.1) is 0 Å². The monoisotopic (exact) mass is 664 g/mol. The third kappa shape index (κ3) is 4.37. The topological polar surface area (TPSA) is 25.8 Å². The van der Waals surface area contributed by atoms with E-state index >= 15 is 0 Å². The molecule has 2 aliphatic carbocycles. The summed E-state index contributed by atoms with van der Waals surface area (Å²) in [5, 5.41) is 0. The summed E-state index contributed by atoms with van der Waals surface area (Å²) < 4.78 is 0. The molecule has 2 heteroatoms. The van der Waals surface area contributed by atoms with Crippen molar-refractivity contribution in [3.05, 3.63) is 215 Å². The molecule has 0 aliphatic heterocycles. The first kappa shape index (κ1) is 30.4. The third-order valence-electron chi connectivity index (χ3n) is 11.4. The van der Waals surface area contributed by atoms with E-state index in [1.807, 2.05) is 6.07 Å². The van der Waals surface area contributed by atoms with E-state index in [9.17, 15) is 0 Å². The SMILES string of the molecule is CC1(C)c2ccccc2C2(c3ccccc3-c3c(-c4cc(-c5cccc(-c6ccccc6)c5)nc(-c5ccccc5)n4)cccc32)c2ccccc21. The fourth-order valence-electron chi connectivity index (χ4n) is 9.06. The van der Waals surface area contributed by atoms with Crippen molar-refractivity contribution in [1.82, 2.24) is 9.97 Å². The van der Waals surface area contributed by atoms with E-state index in [4.69, 9.17) is 9.97 Å². The molecule has 1 aromatic heterocycles. The molecule has 0 N–H and O–H groups in total. The Morgan fingerprint density at radius 2 is 0.827 bits per heavy atom. The molecule has 52 heavy (non-hydrogen) atoms. The van der Waals surface area contributed by atoms with Crippen LogP contribution in [0.15, 0.2) is 182 Å². The smallest absolute Gasteiger partial charge is 0.160 e. The van der Waals surface area contributed by atoms with Crippen molar-refractivity contribution < 1.29 is 0 Å². The average Bonchev–Trinajstić information content (AvgIpc) is 3.52. The molecule has 0 radical (unpaired) electrons. The molecule has 0 bridgehead atoms. The Kier molecular flexibility index (Phi) is 6.78. The van der Waals surface area contributed by atoms with Crippen molar-refractivity contribution in [3.8, 4) is 56.2 Å². The molecular weight excluding hydrogens is 629 g/mol. The molecule has 2 aliphatic rings. The summed E-state index contributed by atoms with van der Waals surface area (Å²) in [6.45, 7) is 4.74. The van der Waals surface area contributed by atoms with Gasteiger partial charge in [0.2, 0.25) is 0 Å². The zero-order chi connectivity index (χ0) is 34.9. The maximum Gasteiger partial charge on any atom is 0.160 e. The zero-order valence-electron chi connectivity index (χ0n) is 29.2. The summed E-state index contributed by atoms with van der Waals surface area (Å²) in [6.07, 6.45) is 0. The predicted molar refractivity (Wildman–Crippen MR) is 213 cm³/mol. The lowest BCUT2D eigenvalue weighted by Crippen LogP contribution is -2.40. The molecule has 0 saturated carbocycles. The van der Waals surface area contributed by atoms with Crippen LogP contribution in [-0.4, -0.2) is 9.97 Å². The number of benzene rings is 7. The van der Waals surface area contributed by atoms with Crippen LogP contribution in [0.1, 0.15) is 47.2 Å². The van der Waals surface area contributed by atoms with Crippen LogP contribution in [0.3, 0.4) is 0 Å². The number of rotatable bonds is 4. The number of nitrogens with zero attached hydrogens (tertiary/aromatic N) is 2. The van der Waals surface area contributed by atoms with E-state index in [0.29, 0.717) is 5.82 Å². The Balaban J connectivity index is 1.26. The molecule has 246 valence electrons. The Morgan fingerprint density at radius 1 is 0.346 bits per heavy atom. The van der Waals surface area contributed by atoms with Gasteiger partial charge in [-0.3, -0.25) is 0 Å². The summed E-state index contributed by atoms with van der Waals surface area (Å²) in [7, 11) is 0. The second-order valence-corrected chi connectivity index (χ2v) is 14.5. The van der Waals surface area contributed by atoms with Crippen molar-refractivity contribution in [3.63, 3.8) is 0 Å². The van der Waals surface area contributed by atoms with Crippen molar-refractivity contribution in [2.45, 2.75) is 24.7 Å². The largest absolute Gasteiger partial charge is 0.228 e. The highest BCUT2D eigenvalue weighted by atomic mass is 14.9. The minimum Gasteiger partial charge on any atom is -0.228 e. The normalized spacial score (nSPS) is 14.3. The van der Waals surface area contributed by atoms with Gasteiger partial charge in [0.15, 0.2) is 5.82 Å². The van der Waals surface area contributed by atoms with Gasteiger partial charge in [0.05, 0.1) is 16.8 Å². The Hall–Kier alpha value is -6.38. The molecule has 1 spiro atoms. The Bertz CT molecular complexity index is 2600. The van der Waals surface area contributed by atoms with Crippen LogP contribution in [0, 0.1) is 0 Å². The van der Waals surface area contributed by atoms with E-state index in [2.05, 4.69) is 190 Å². The molecular formula is C50H36N2. The van der Waals surface area contributed by atoms with Gasteiger partial charge < -0.3 is 0 Å². The van der Waals surface area contributed by atoms with Crippen LogP contribution in [-0.2, 0) is 10.8 Å². The molecule has 1 heterocycles. The summed E-state index contributed by atoms with van der Waals surface area (Å²) >= 11 is 0. The molecule has 0 unspecified atom stereocenters. The Labute approximate surface area is 305 Å². The first-order valence-electron chi connectivity index (χ1n) is 18.1. The van der Waals surface area contributed by atoms with E-state index in [0.717, 1.165) is 33.6 Å². The van der Waals surface area contributed by atoms with E-state index in [1.54, 1.807) is 0 Å². The molecule has 2 nitrogen and oxygen atoms in total. The quantitative estimate of drug-likeness (QED) is 0.187. The van der Waals surface area contributed by atoms with Gasteiger partial charge in [0.25, 0.3) is 0 Å². The molecule has 0 fully saturated rings. The van der Waals surface area contributed by atoms with Gasteiger partial charge >= 0.3 is 0 Å². The molecule has 0 saturated heterocycles. The first-order valence-corrected chi connectivity index (χ1v) is 18.1. The molecule has 0 amide bonds. The molecule has 10 rings (SSSR count). The van der Waals surface area contributed by atoms with E-state index in [1.165, 1.54) is 50.1 Å². The van der Waals surface area contributed by atoms with Crippen LogP contribution in [0.25, 0.3) is 56.2 Å². The van der Waals surface area contributed by atoms with E-state index in [-0.39, 0.29) is 5.41 Å². The number of aromatic nitrogens is 2. The third-order valence-corrected chi connectivity index (χ3v) is 11.4. The second-order valence-electron chi connectivity index (χ2n) is 14.5. The number of hydrogen-bond donors (Lipinski definition) is 0.